The molecule has 0 radical (unpaired) electrons. The van der Waals surface area contributed by atoms with Gasteiger partial charge in [0.05, 0.1) is 18.5 Å². The number of benzene rings is 1. The van der Waals surface area contributed by atoms with Crippen LogP contribution in [-0.4, -0.2) is 45.6 Å². The normalized spacial score (nSPS) is 20.2. The molecule has 26 heavy (non-hydrogen) atoms. The number of amides is 1. The molecule has 2 aromatic rings. The van der Waals surface area contributed by atoms with Crippen molar-refractivity contribution < 1.29 is 9.90 Å². The zero-order valence-corrected chi connectivity index (χ0v) is 15.4. The number of piperidine rings is 1. The molecule has 1 amide bonds. The second-order valence-corrected chi connectivity index (χ2v) is 7.37. The molecule has 1 N–H and O–H groups in total. The van der Waals surface area contributed by atoms with Gasteiger partial charge in [0, 0.05) is 24.7 Å². The minimum absolute atomic E-state index is 0.0851. The fourth-order valence-electron chi connectivity index (χ4n) is 3.77. The maximum Gasteiger partial charge on any atom is 0.274 e. The number of aliphatic hydroxyl groups is 1. The van der Waals surface area contributed by atoms with Crippen LogP contribution in [0.5, 0.6) is 0 Å². The first kappa shape index (κ1) is 18.5. The van der Waals surface area contributed by atoms with E-state index < -0.39 is 0 Å². The lowest BCUT2D eigenvalue weighted by Crippen LogP contribution is -2.48. The third-order valence-corrected chi connectivity index (χ3v) is 5.30. The van der Waals surface area contributed by atoms with E-state index >= 15 is 0 Å². The molecule has 0 saturated carbocycles. The van der Waals surface area contributed by atoms with Crippen LogP contribution in [0.25, 0.3) is 0 Å². The molecule has 1 aromatic carbocycles. The van der Waals surface area contributed by atoms with Gasteiger partial charge in [-0.15, -0.1) is 0 Å². The molecular formula is C21H27N3O2. The molecule has 1 aromatic heterocycles. The number of aliphatic hydroxyl groups excluding tert-OH is 1. The van der Waals surface area contributed by atoms with E-state index in [0.717, 1.165) is 44.3 Å². The van der Waals surface area contributed by atoms with E-state index in [4.69, 9.17) is 0 Å². The molecule has 3 rings (SSSR count). The minimum atomic E-state index is -0.208. The minimum Gasteiger partial charge on any atom is -0.396 e. The van der Waals surface area contributed by atoms with Crippen molar-refractivity contribution in [2.24, 2.45) is 5.41 Å². The Balaban J connectivity index is 1.62. The number of carbonyl (C=O) groups is 1. The summed E-state index contributed by atoms with van der Waals surface area (Å²) in [4.78, 5) is 23.0. The van der Waals surface area contributed by atoms with Crippen LogP contribution in [-0.2, 0) is 6.42 Å². The van der Waals surface area contributed by atoms with Gasteiger partial charge in [-0.25, -0.2) is 4.98 Å². The quantitative estimate of drug-likeness (QED) is 0.867. The predicted octanol–water partition coefficient (Wildman–Crippen LogP) is 3.02. The van der Waals surface area contributed by atoms with Crippen LogP contribution in [0.2, 0.25) is 0 Å². The number of aromatic nitrogens is 2. The van der Waals surface area contributed by atoms with Gasteiger partial charge >= 0.3 is 0 Å². The van der Waals surface area contributed by atoms with E-state index in [1.165, 1.54) is 5.56 Å². The van der Waals surface area contributed by atoms with Crippen LogP contribution in [0.4, 0.5) is 0 Å². The van der Waals surface area contributed by atoms with Gasteiger partial charge in [0.1, 0.15) is 5.69 Å². The Labute approximate surface area is 155 Å². The van der Waals surface area contributed by atoms with Crippen LogP contribution in [0, 0.1) is 12.3 Å². The Bertz CT molecular complexity index is 718. The van der Waals surface area contributed by atoms with E-state index in [-0.39, 0.29) is 17.9 Å². The van der Waals surface area contributed by atoms with Crippen LogP contribution >= 0.6 is 0 Å². The molecule has 1 aliphatic rings. The highest BCUT2D eigenvalue weighted by molar-refractivity contribution is 5.92. The Kier molecular flexibility index (Phi) is 5.99. The van der Waals surface area contributed by atoms with Gasteiger partial charge in [-0.05, 0) is 44.6 Å². The van der Waals surface area contributed by atoms with Gasteiger partial charge in [-0.3, -0.25) is 9.78 Å². The first-order valence-corrected chi connectivity index (χ1v) is 9.35. The van der Waals surface area contributed by atoms with Gasteiger partial charge in [0.15, 0.2) is 0 Å². The first-order chi connectivity index (χ1) is 12.6. The Morgan fingerprint density at radius 1 is 1.23 bits per heavy atom. The first-order valence-electron chi connectivity index (χ1n) is 9.35. The highest BCUT2D eigenvalue weighted by atomic mass is 16.3. The zero-order chi connectivity index (χ0) is 18.4. The van der Waals surface area contributed by atoms with Crippen LogP contribution in [0.3, 0.4) is 0 Å². The number of likely N-dealkylation sites (tertiary alicyclic amines) is 1. The van der Waals surface area contributed by atoms with Crippen molar-refractivity contribution >= 4 is 5.91 Å². The third-order valence-electron chi connectivity index (χ3n) is 5.30. The third kappa shape index (κ3) is 4.47. The van der Waals surface area contributed by atoms with E-state index in [2.05, 4.69) is 34.2 Å². The fraction of sp³-hybridized carbons (Fsp3) is 0.476. The number of nitrogens with zero attached hydrogens (tertiary/aromatic N) is 3. The highest BCUT2D eigenvalue weighted by Crippen LogP contribution is 2.35. The summed E-state index contributed by atoms with van der Waals surface area (Å²) >= 11 is 0. The summed E-state index contributed by atoms with van der Waals surface area (Å²) < 4.78 is 0. The fourth-order valence-corrected chi connectivity index (χ4v) is 3.77. The number of rotatable bonds is 6. The Morgan fingerprint density at radius 3 is 2.73 bits per heavy atom. The van der Waals surface area contributed by atoms with Crippen LogP contribution in [0.1, 0.15) is 47.4 Å². The van der Waals surface area contributed by atoms with E-state index in [0.29, 0.717) is 12.2 Å². The van der Waals surface area contributed by atoms with Crippen LogP contribution in [0.15, 0.2) is 42.7 Å². The van der Waals surface area contributed by atoms with E-state index in [1.807, 2.05) is 17.9 Å². The van der Waals surface area contributed by atoms with Gasteiger partial charge in [0.2, 0.25) is 0 Å². The molecule has 1 atom stereocenters. The molecule has 5 nitrogen and oxygen atoms in total. The molecule has 1 aliphatic heterocycles. The predicted molar refractivity (Wildman–Crippen MR) is 101 cm³/mol. The average Bonchev–Trinajstić information content (AvgIpc) is 2.69. The maximum atomic E-state index is 12.8. The molecule has 5 heteroatoms. The number of hydrogen-bond donors (Lipinski definition) is 1. The standard InChI is InChI=1S/C21H27N3O2/c1-17-13-23-19(14-22-17)20(26)24-12-6-11-21(15-24,16-25)10-5-9-18-7-3-2-4-8-18/h2-4,7-8,13-14,25H,5-6,9-12,15-16H2,1H3/t21-/m1/s1. The van der Waals surface area contributed by atoms with Gasteiger partial charge in [-0.1, -0.05) is 30.3 Å². The maximum absolute atomic E-state index is 12.8. The molecule has 0 unspecified atom stereocenters. The lowest BCUT2D eigenvalue weighted by Gasteiger charge is -2.42. The molecule has 2 heterocycles. The molecule has 1 saturated heterocycles. The Hall–Kier alpha value is -2.27. The van der Waals surface area contributed by atoms with E-state index in [9.17, 15) is 9.90 Å². The molecular weight excluding hydrogens is 326 g/mol. The van der Waals surface area contributed by atoms with Crippen molar-refractivity contribution in [2.75, 3.05) is 19.7 Å². The van der Waals surface area contributed by atoms with Crippen molar-refractivity contribution in [3.05, 3.63) is 59.7 Å². The highest BCUT2D eigenvalue weighted by Gasteiger charge is 2.36. The number of aryl methyl sites for hydroxylation is 2. The molecule has 0 aliphatic carbocycles. The monoisotopic (exact) mass is 353 g/mol. The molecule has 138 valence electrons. The van der Waals surface area contributed by atoms with E-state index in [1.54, 1.807) is 12.4 Å². The lowest BCUT2D eigenvalue weighted by molar-refractivity contribution is 0.0213. The van der Waals surface area contributed by atoms with Gasteiger partial charge in [0.25, 0.3) is 5.91 Å². The smallest absolute Gasteiger partial charge is 0.274 e. The summed E-state index contributed by atoms with van der Waals surface area (Å²) in [6, 6.07) is 10.4. The van der Waals surface area contributed by atoms with Crippen molar-refractivity contribution in [3.63, 3.8) is 0 Å². The van der Waals surface area contributed by atoms with Crippen molar-refractivity contribution in [1.29, 1.82) is 0 Å². The van der Waals surface area contributed by atoms with Crippen LogP contribution < -0.4 is 0 Å². The van der Waals surface area contributed by atoms with Gasteiger partial charge < -0.3 is 10.0 Å². The zero-order valence-electron chi connectivity index (χ0n) is 15.4. The van der Waals surface area contributed by atoms with Crippen molar-refractivity contribution in [1.82, 2.24) is 14.9 Å². The van der Waals surface area contributed by atoms with Gasteiger partial charge in [-0.2, -0.15) is 0 Å². The summed E-state index contributed by atoms with van der Waals surface area (Å²) in [6.07, 6.45) is 7.97. The molecule has 1 fully saturated rings. The summed E-state index contributed by atoms with van der Waals surface area (Å²) in [5, 5.41) is 10.1. The lowest BCUT2D eigenvalue weighted by atomic mass is 9.76. The second-order valence-electron chi connectivity index (χ2n) is 7.37. The van der Waals surface area contributed by atoms with Crippen molar-refractivity contribution in [2.45, 2.75) is 39.0 Å². The SMILES string of the molecule is Cc1cnc(C(=O)N2CCC[C@](CO)(CCCc3ccccc3)C2)cn1. The Morgan fingerprint density at radius 2 is 2.04 bits per heavy atom. The largest absolute Gasteiger partial charge is 0.396 e. The summed E-state index contributed by atoms with van der Waals surface area (Å²) in [6.45, 7) is 3.28. The summed E-state index contributed by atoms with van der Waals surface area (Å²) in [5.74, 6) is -0.0851. The second kappa shape index (κ2) is 8.41. The summed E-state index contributed by atoms with van der Waals surface area (Å²) in [7, 11) is 0. The average molecular weight is 353 g/mol. The molecule has 0 spiro atoms. The molecule has 0 bridgehead atoms. The van der Waals surface area contributed by atoms with Crippen molar-refractivity contribution in [3.8, 4) is 0 Å². The number of hydrogen-bond acceptors (Lipinski definition) is 4. The number of carbonyl (C=O) groups excluding carboxylic acids is 1. The topological polar surface area (TPSA) is 66.3 Å². The summed E-state index contributed by atoms with van der Waals surface area (Å²) in [5.41, 5.74) is 2.29.